The van der Waals surface area contributed by atoms with E-state index < -0.39 is 0 Å². The van der Waals surface area contributed by atoms with Gasteiger partial charge in [-0.2, -0.15) is 0 Å². The van der Waals surface area contributed by atoms with Crippen LogP contribution in [0.4, 0.5) is 4.39 Å². The third kappa shape index (κ3) is 3.79. The topological polar surface area (TPSA) is 30.7 Å². The van der Waals surface area contributed by atoms with E-state index in [0.717, 1.165) is 28.8 Å². The third-order valence-corrected chi connectivity index (χ3v) is 4.56. The summed E-state index contributed by atoms with van der Waals surface area (Å²) in [5.74, 6) is 1.60. The average molecular weight is 327 g/mol. The van der Waals surface area contributed by atoms with Crippen LogP contribution in [0.5, 0.6) is 0 Å². The standard InChI is InChI=1S/C18H18FN3S/c1-2-12-23-18-21-20-17(13-14-6-4-3-5-7-14)22(18)16-10-8-15(19)9-11-16/h3-11H,2,12-13H2,1H3. The van der Waals surface area contributed by atoms with Gasteiger partial charge in [-0.3, -0.25) is 4.57 Å². The first-order valence-electron chi connectivity index (χ1n) is 7.65. The first kappa shape index (κ1) is 15.7. The predicted molar refractivity (Wildman–Crippen MR) is 91.6 cm³/mol. The van der Waals surface area contributed by atoms with Crippen molar-refractivity contribution < 1.29 is 4.39 Å². The van der Waals surface area contributed by atoms with Crippen LogP contribution in [0.25, 0.3) is 5.69 Å². The Balaban J connectivity index is 1.98. The zero-order chi connectivity index (χ0) is 16.1. The van der Waals surface area contributed by atoms with Gasteiger partial charge in [-0.05, 0) is 36.2 Å². The second-order valence-electron chi connectivity index (χ2n) is 5.22. The number of rotatable bonds is 6. The van der Waals surface area contributed by atoms with Crippen molar-refractivity contribution in [2.24, 2.45) is 0 Å². The summed E-state index contributed by atoms with van der Waals surface area (Å²) in [6.07, 6.45) is 1.76. The molecule has 3 aromatic rings. The molecule has 23 heavy (non-hydrogen) atoms. The molecule has 1 heterocycles. The molecular weight excluding hydrogens is 309 g/mol. The van der Waals surface area contributed by atoms with Gasteiger partial charge in [0.1, 0.15) is 11.6 Å². The van der Waals surface area contributed by atoms with Gasteiger partial charge < -0.3 is 0 Å². The molecule has 0 aliphatic heterocycles. The Hall–Kier alpha value is -2.14. The Kier molecular flexibility index (Phi) is 5.08. The molecule has 1 aromatic heterocycles. The van der Waals surface area contributed by atoms with Crippen molar-refractivity contribution in [1.29, 1.82) is 0 Å². The lowest BCUT2D eigenvalue weighted by molar-refractivity contribution is 0.627. The van der Waals surface area contributed by atoms with E-state index in [1.54, 1.807) is 23.9 Å². The summed E-state index contributed by atoms with van der Waals surface area (Å²) in [6.45, 7) is 2.14. The summed E-state index contributed by atoms with van der Waals surface area (Å²) in [6, 6.07) is 16.6. The smallest absolute Gasteiger partial charge is 0.195 e. The highest BCUT2D eigenvalue weighted by molar-refractivity contribution is 7.99. The van der Waals surface area contributed by atoms with Crippen LogP contribution in [0.3, 0.4) is 0 Å². The highest BCUT2D eigenvalue weighted by Crippen LogP contribution is 2.24. The molecule has 0 bridgehead atoms. The zero-order valence-corrected chi connectivity index (χ0v) is 13.8. The molecular formula is C18H18FN3S. The van der Waals surface area contributed by atoms with Crippen LogP contribution in [-0.2, 0) is 6.42 Å². The molecule has 0 saturated heterocycles. The lowest BCUT2D eigenvalue weighted by Crippen LogP contribution is -2.04. The first-order chi connectivity index (χ1) is 11.3. The van der Waals surface area contributed by atoms with E-state index in [2.05, 4.69) is 29.3 Å². The molecule has 0 amide bonds. The Labute approximate surface area is 139 Å². The Bertz CT molecular complexity index is 754. The van der Waals surface area contributed by atoms with Crippen LogP contribution >= 0.6 is 11.8 Å². The molecule has 3 rings (SSSR count). The van der Waals surface area contributed by atoms with Gasteiger partial charge in [0.05, 0.1) is 0 Å². The predicted octanol–water partition coefficient (Wildman–Crippen LogP) is 4.50. The normalized spacial score (nSPS) is 10.9. The second kappa shape index (κ2) is 7.42. The van der Waals surface area contributed by atoms with Gasteiger partial charge in [0, 0.05) is 17.9 Å². The van der Waals surface area contributed by atoms with E-state index in [4.69, 9.17) is 0 Å². The maximum Gasteiger partial charge on any atom is 0.195 e. The number of aromatic nitrogens is 3. The number of nitrogens with zero attached hydrogens (tertiary/aromatic N) is 3. The summed E-state index contributed by atoms with van der Waals surface area (Å²) in [5, 5.41) is 9.54. The summed E-state index contributed by atoms with van der Waals surface area (Å²) < 4.78 is 15.3. The van der Waals surface area contributed by atoms with Crippen LogP contribution in [0, 0.1) is 5.82 Å². The minimum Gasteiger partial charge on any atom is -0.274 e. The lowest BCUT2D eigenvalue weighted by atomic mass is 10.1. The van der Waals surface area contributed by atoms with E-state index in [-0.39, 0.29) is 5.82 Å². The minimum absolute atomic E-state index is 0.241. The molecule has 0 radical (unpaired) electrons. The Morgan fingerprint density at radius 3 is 2.43 bits per heavy atom. The number of hydrogen-bond donors (Lipinski definition) is 0. The molecule has 0 unspecified atom stereocenters. The molecule has 2 aromatic carbocycles. The van der Waals surface area contributed by atoms with Crippen LogP contribution in [-0.4, -0.2) is 20.5 Å². The van der Waals surface area contributed by atoms with Gasteiger partial charge in [0.25, 0.3) is 0 Å². The quantitative estimate of drug-likeness (QED) is 0.625. The van der Waals surface area contributed by atoms with Crippen molar-refractivity contribution in [1.82, 2.24) is 14.8 Å². The van der Waals surface area contributed by atoms with Crippen molar-refractivity contribution in [3.8, 4) is 5.69 Å². The molecule has 5 heteroatoms. The Morgan fingerprint density at radius 2 is 1.74 bits per heavy atom. The SMILES string of the molecule is CCCSc1nnc(Cc2ccccc2)n1-c1ccc(F)cc1. The highest BCUT2D eigenvalue weighted by Gasteiger charge is 2.14. The van der Waals surface area contributed by atoms with E-state index in [1.165, 1.54) is 17.7 Å². The molecule has 118 valence electrons. The van der Waals surface area contributed by atoms with Crippen LogP contribution in [0.15, 0.2) is 59.8 Å². The molecule has 0 aliphatic carbocycles. The fraction of sp³-hybridized carbons (Fsp3) is 0.222. The fourth-order valence-electron chi connectivity index (χ4n) is 2.33. The van der Waals surface area contributed by atoms with E-state index >= 15 is 0 Å². The van der Waals surface area contributed by atoms with E-state index in [1.807, 2.05) is 22.8 Å². The number of benzene rings is 2. The first-order valence-corrected chi connectivity index (χ1v) is 8.63. The summed E-state index contributed by atoms with van der Waals surface area (Å²) in [5.41, 5.74) is 2.07. The van der Waals surface area contributed by atoms with Gasteiger partial charge in [-0.15, -0.1) is 10.2 Å². The van der Waals surface area contributed by atoms with Crippen molar-refractivity contribution >= 4 is 11.8 Å². The van der Waals surface area contributed by atoms with E-state index in [0.29, 0.717) is 6.42 Å². The maximum atomic E-state index is 13.2. The largest absolute Gasteiger partial charge is 0.274 e. The summed E-state index contributed by atoms with van der Waals surface area (Å²) in [4.78, 5) is 0. The Morgan fingerprint density at radius 1 is 1.00 bits per heavy atom. The molecule has 0 saturated carbocycles. The molecule has 3 nitrogen and oxygen atoms in total. The number of thioether (sulfide) groups is 1. The molecule has 0 aliphatic rings. The van der Waals surface area contributed by atoms with Gasteiger partial charge in [0.2, 0.25) is 0 Å². The second-order valence-corrected chi connectivity index (χ2v) is 6.28. The van der Waals surface area contributed by atoms with Crippen LogP contribution in [0.2, 0.25) is 0 Å². The molecule has 0 spiro atoms. The van der Waals surface area contributed by atoms with Gasteiger partial charge in [0.15, 0.2) is 5.16 Å². The van der Waals surface area contributed by atoms with Crippen molar-refractivity contribution in [2.75, 3.05) is 5.75 Å². The third-order valence-electron chi connectivity index (χ3n) is 3.43. The monoisotopic (exact) mass is 327 g/mol. The lowest BCUT2D eigenvalue weighted by Gasteiger charge is -2.10. The number of halogens is 1. The maximum absolute atomic E-state index is 13.2. The van der Waals surface area contributed by atoms with Crippen molar-refractivity contribution in [3.63, 3.8) is 0 Å². The molecule has 0 atom stereocenters. The van der Waals surface area contributed by atoms with Gasteiger partial charge in [-0.1, -0.05) is 49.0 Å². The van der Waals surface area contributed by atoms with Crippen LogP contribution < -0.4 is 0 Å². The average Bonchev–Trinajstić information content (AvgIpc) is 2.97. The minimum atomic E-state index is -0.241. The summed E-state index contributed by atoms with van der Waals surface area (Å²) >= 11 is 1.67. The zero-order valence-electron chi connectivity index (χ0n) is 12.9. The van der Waals surface area contributed by atoms with Crippen molar-refractivity contribution in [3.05, 3.63) is 71.8 Å². The summed E-state index contributed by atoms with van der Waals surface area (Å²) in [7, 11) is 0. The molecule has 0 fully saturated rings. The van der Waals surface area contributed by atoms with Crippen LogP contribution in [0.1, 0.15) is 24.7 Å². The fourth-order valence-corrected chi connectivity index (χ4v) is 3.15. The number of hydrogen-bond acceptors (Lipinski definition) is 3. The highest BCUT2D eigenvalue weighted by atomic mass is 32.2. The van der Waals surface area contributed by atoms with Gasteiger partial charge >= 0.3 is 0 Å². The van der Waals surface area contributed by atoms with E-state index in [9.17, 15) is 4.39 Å². The van der Waals surface area contributed by atoms with Gasteiger partial charge in [-0.25, -0.2) is 4.39 Å². The molecule has 0 N–H and O–H groups in total. The van der Waals surface area contributed by atoms with Crippen molar-refractivity contribution in [2.45, 2.75) is 24.9 Å².